The minimum atomic E-state index is -0.600. The Morgan fingerprint density at radius 3 is 2.84 bits per heavy atom. The third kappa shape index (κ3) is 3.18. The Balaban J connectivity index is 0.000000902. The van der Waals surface area contributed by atoms with Crippen LogP contribution < -0.4 is 11.1 Å². The Kier molecular flexibility index (Phi) is 4.79. The van der Waals surface area contributed by atoms with Gasteiger partial charge in [-0.25, -0.2) is 4.98 Å². The van der Waals surface area contributed by atoms with Gasteiger partial charge < -0.3 is 15.5 Å². The number of carbonyl (C=O) groups excluding carboxylic acids is 1. The number of nitrogens with two attached hydrogens (primary N) is 1. The molecule has 1 amide bonds. The first kappa shape index (κ1) is 15.8. The second-order valence-corrected chi connectivity index (χ2v) is 4.57. The standard InChI is InChI=1S/C12H14N4O.2ClH/c13-12(2-3-12)11(17)15-8-9-1-5-16-6-4-14-10(16)7-9;;/h1,4-7H,2-3,8,13H2,(H,15,17);2*1H. The fraction of sp³-hybridized carbons (Fsp3) is 0.333. The van der Waals surface area contributed by atoms with E-state index in [0.717, 1.165) is 24.1 Å². The first-order valence-corrected chi connectivity index (χ1v) is 5.66. The van der Waals surface area contributed by atoms with Crippen LogP contribution in [0.2, 0.25) is 0 Å². The van der Waals surface area contributed by atoms with Crippen LogP contribution >= 0.6 is 24.8 Å². The number of rotatable bonds is 3. The molecular weight excluding hydrogens is 287 g/mol. The number of amides is 1. The van der Waals surface area contributed by atoms with E-state index in [1.165, 1.54) is 0 Å². The lowest BCUT2D eigenvalue weighted by molar-refractivity contribution is -0.123. The van der Waals surface area contributed by atoms with Gasteiger partial charge in [0.05, 0.1) is 5.54 Å². The van der Waals surface area contributed by atoms with Crippen LogP contribution in [-0.4, -0.2) is 20.8 Å². The van der Waals surface area contributed by atoms with Crippen LogP contribution in [0.5, 0.6) is 0 Å². The molecular formula is C12H16Cl2N4O. The monoisotopic (exact) mass is 302 g/mol. The predicted molar refractivity (Wildman–Crippen MR) is 77.7 cm³/mol. The van der Waals surface area contributed by atoms with E-state index in [4.69, 9.17) is 5.73 Å². The molecule has 2 heterocycles. The number of nitrogens with zero attached hydrogens (tertiary/aromatic N) is 2. The Morgan fingerprint density at radius 2 is 2.16 bits per heavy atom. The summed E-state index contributed by atoms with van der Waals surface area (Å²) < 4.78 is 1.93. The second-order valence-electron chi connectivity index (χ2n) is 4.57. The third-order valence-electron chi connectivity index (χ3n) is 3.16. The number of hydrogen-bond acceptors (Lipinski definition) is 3. The SMILES string of the molecule is Cl.Cl.NC1(C(=O)NCc2ccn3ccnc3c2)CC1. The smallest absolute Gasteiger partial charge is 0.240 e. The normalized spacial score (nSPS) is 15.2. The van der Waals surface area contributed by atoms with Gasteiger partial charge >= 0.3 is 0 Å². The van der Waals surface area contributed by atoms with E-state index in [0.29, 0.717) is 6.54 Å². The van der Waals surface area contributed by atoms with Gasteiger partial charge in [-0.3, -0.25) is 4.79 Å². The summed E-state index contributed by atoms with van der Waals surface area (Å²) in [6.07, 6.45) is 7.14. The largest absolute Gasteiger partial charge is 0.350 e. The molecule has 1 aliphatic rings. The molecule has 7 heteroatoms. The summed E-state index contributed by atoms with van der Waals surface area (Å²) in [4.78, 5) is 15.9. The molecule has 0 aliphatic heterocycles. The van der Waals surface area contributed by atoms with Crippen LogP contribution in [0.4, 0.5) is 0 Å². The van der Waals surface area contributed by atoms with Crippen molar-refractivity contribution in [2.75, 3.05) is 0 Å². The quantitative estimate of drug-likeness (QED) is 0.897. The number of fused-ring (bicyclic) bond motifs is 1. The fourth-order valence-corrected chi connectivity index (χ4v) is 1.78. The molecule has 1 saturated carbocycles. The molecule has 3 rings (SSSR count). The fourth-order valence-electron chi connectivity index (χ4n) is 1.78. The van der Waals surface area contributed by atoms with Crippen LogP contribution in [0.15, 0.2) is 30.7 Å². The van der Waals surface area contributed by atoms with E-state index in [9.17, 15) is 4.79 Å². The van der Waals surface area contributed by atoms with Crippen LogP contribution in [-0.2, 0) is 11.3 Å². The average Bonchev–Trinajstić information content (AvgIpc) is 2.93. The molecule has 104 valence electrons. The zero-order valence-corrected chi connectivity index (χ0v) is 11.8. The summed E-state index contributed by atoms with van der Waals surface area (Å²) in [5, 5.41) is 2.86. The molecule has 0 aromatic carbocycles. The maximum absolute atomic E-state index is 11.7. The van der Waals surface area contributed by atoms with Crippen molar-refractivity contribution in [1.29, 1.82) is 0 Å². The van der Waals surface area contributed by atoms with Gasteiger partial charge in [-0.2, -0.15) is 0 Å². The molecule has 0 atom stereocenters. The maximum atomic E-state index is 11.7. The Morgan fingerprint density at radius 1 is 1.42 bits per heavy atom. The van der Waals surface area contributed by atoms with Crippen molar-refractivity contribution in [1.82, 2.24) is 14.7 Å². The zero-order chi connectivity index (χ0) is 11.9. The van der Waals surface area contributed by atoms with Gasteiger partial charge in [0.15, 0.2) is 0 Å². The first-order valence-electron chi connectivity index (χ1n) is 5.66. The van der Waals surface area contributed by atoms with E-state index >= 15 is 0 Å². The van der Waals surface area contributed by atoms with Crippen molar-refractivity contribution in [3.05, 3.63) is 36.3 Å². The van der Waals surface area contributed by atoms with E-state index in [2.05, 4.69) is 10.3 Å². The van der Waals surface area contributed by atoms with Crippen molar-refractivity contribution >= 4 is 36.4 Å². The molecule has 0 unspecified atom stereocenters. The number of hydrogen-bond donors (Lipinski definition) is 2. The van der Waals surface area contributed by atoms with Gasteiger partial charge in [0.2, 0.25) is 5.91 Å². The highest BCUT2D eigenvalue weighted by atomic mass is 35.5. The number of halogens is 2. The number of pyridine rings is 1. The summed E-state index contributed by atoms with van der Waals surface area (Å²) in [6, 6.07) is 3.92. The first-order chi connectivity index (χ1) is 8.17. The van der Waals surface area contributed by atoms with Gasteiger partial charge in [0, 0.05) is 25.1 Å². The molecule has 1 aliphatic carbocycles. The van der Waals surface area contributed by atoms with Crippen molar-refractivity contribution in [3.8, 4) is 0 Å². The zero-order valence-electron chi connectivity index (χ0n) is 10.2. The average molecular weight is 303 g/mol. The van der Waals surface area contributed by atoms with Crippen molar-refractivity contribution in [3.63, 3.8) is 0 Å². The van der Waals surface area contributed by atoms with Crippen LogP contribution in [0.1, 0.15) is 18.4 Å². The van der Waals surface area contributed by atoms with E-state index < -0.39 is 5.54 Å². The summed E-state index contributed by atoms with van der Waals surface area (Å²) >= 11 is 0. The highest BCUT2D eigenvalue weighted by Crippen LogP contribution is 2.32. The lowest BCUT2D eigenvalue weighted by atomic mass is 10.2. The topological polar surface area (TPSA) is 72.4 Å². The minimum Gasteiger partial charge on any atom is -0.350 e. The Bertz CT molecular complexity index is 580. The Hall–Kier alpha value is -1.30. The molecule has 0 spiro atoms. The Labute approximate surface area is 123 Å². The molecule has 0 radical (unpaired) electrons. The highest BCUT2D eigenvalue weighted by Gasteiger charge is 2.45. The van der Waals surface area contributed by atoms with E-state index in [-0.39, 0.29) is 30.7 Å². The summed E-state index contributed by atoms with van der Waals surface area (Å²) in [5.41, 5.74) is 7.11. The molecule has 19 heavy (non-hydrogen) atoms. The highest BCUT2D eigenvalue weighted by molar-refractivity contribution is 5.88. The van der Waals surface area contributed by atoms with Gasteiger partial charge in [-0.1, -0.05) is 0 Å². The maximum Gasteiger partial charge on any atom is 0.240 e. The predicted octanol–water partition coefficient (Wildman–Crippen LogP) is 1.29. The lowest BCUT2D eigenvalue weighted by Gasteiger charge is -2.10. The third-order valence-corrected chi connectivity index (χ3v) is 3.16. The summed E-state index contributed by atoms with van der Waals surface area (Å²) in [6.45, 7) is 0.501. The van der Waals surface area contributed by atoms with Gasteiger partial charge in [-0.05, 0) is 30.5 Å². The number of imidazole rings is 1. The molecule has 2 aromatic heterocycles. The molecule has 2 aromatic rings. The number of aromatic nitrogens is 2. The molecule has 0 bridgehead atoms. The molecule has 3 N–H and O–H groups in total. The lowest BCUT2D eigenvalue weighted by Crippen LogP contribution is -2.42. The van der Waals surface area contributed by atoms with Crippen molar-refractivity contribution in [2.45, 2.75) is 24.9 Å². The van der Waals surface area contributed by atoms with Crippen molar-refractivity contribution in [2.24, 2.45) is 5.73 Å². The second kappa shape index (κ2) is 5.77. The van der Waals surface area contributed by atoms with Gasteiger partial charge in [0.25, 0.3) is 0 Å². The molecule has 1 fully saturated rings. The summed E-state index contributed by atoms with van der Waals surface area (Å²) in [7, 11) is 0. The van der Waals surface area contributed by atoms with Crippen LogP contribution in [0.3, 0.4) is 0 Å². The van der Waals surface area contributed by atoms with Gasteiger partial charge in [0.1, 0.15) is 5.65 Å². The molecule has 5 nitrogen and oxygen atoms in total. The van der Waals surface area contributed by atoms with Gasteiger partial charge in [-0.15, -0.1) is 24.8 Å². The number of carbonyl (C=O) groups is 1. The van der Waals surface area contributed by atoms with Crippen LogP contribution in [0.25, 0.3) is 5.65 Å². The minimum absolute atomic E-state index is 0. The summed E-state index contributed by atoms with van der Waals surface area (Å²) in [5.74, 6) is -0.0549. The van der Waals surface area contributed by atoms with E-state index in [1.807, 2.05) is 28.9 Å². The molecule has 0 saturated heterocycles. The number of nitrogens with one attached hydrogen (secondary N) is 1. The van der Waals surface area contributed by atoms with Crippen LogP contribution in [0, 0.1) is 0 Å². The van der Waals surface area contributed by atoms with E-state index in [1.54, 1.807) is 6.20 Å². The van der Waals surface area contributed by atoms with Crippen molar-refractivity contribution < 1.29 is 4.79 Å².